The molecule has 0 unspecified atom stereocenters. The Kier molecular flexibility index (Phi) is 5.59. The molecule has 1 aromatic carbocycles. The molecule has 2 heterocycles. The summed E-state index contributed by atoms with van der Waals surface area (Å²) in [6.07, 6.45) is 0. The Hall–Kier alpha value is -3.49. The molecule has 33 heavy (non-hydrogen) atoms. The summed E-state index contributed by atoms with van der Waals surface area (Å²) >= 11 is 0. The van der Waals surface area contributed by atoms with Gasteiger partial charge in [0.1, 0.15) is 5.82 Å². The van der Waals surface area contributed by atoms with Gasteiger partial charge in [-0.3, -0.25) is 19.2 Å². The first-order valence-corrected chi connectivity index (χ1v) is 10.8. The standard InChI is InChI=1S/C24H27FN4O4/c1-11-8-15(6-7-18(11)25)26-23(32)19-12(2)21(28(5)13(19)3)22(31)24(33)27-20-16-9-29(14(4)30)10-17(16)20/h6-8,16-17,20H,9-10H2,1-5H3,(H,26,32)(H,27,33)/t16-,17+,20+. The van der Waals surface area contributed by atoms with Crippen LogP contribution in [0.2, 0.25) is 0 Å². The van der Waals surface area contributed by atoms with Gasteiger partial charge in [-0.25, -0.2) is 4.39 Å². The summed E-state index contributed by atoms with van der Waals surface area (Å²) in [6, 6.07) is 4.16. The van der Waals surface area contributed by atoms with Crippen molar-refractivity contribution in [3.8, 4) is 0 Å². The summed E-state index contributed by atoms with van der Waals surface area (Å²) in [7, 11) is 1.64. The number of halogens is 1. The van der Waals surface area contributed by atoms with Crippen LogP contribution in [0.3, 0.4) is 0 Å². The molecular formula is C24H27FN4O4. The van der Waals surface area contributed by atoms with E-state index in [1.165, 1.54) is 25.1 Å². The lowest BCUT2D eigenvalue weighted by Crippen LogP contribution is -2.39. The summed E-state index contributed by atoms with van der Waals surface area (Å²) in [6.45, 7) is 7.64. The Morgan fingerprint density at radius 1 is 1.06 bits per heavy atom. The number of piperidine rings is 1. The van der Waals surface area contributed by atoms with Gasteiger partial charge in [0.05, 0.1) is 11.3 Å². The van der Waals surface area contributed by atoms with E-state index in [0.717, 1.165) is 0 Å². The highest BCUT2D eigenvalue weighted by Gasteiger charge is 2.57. The van der Waals surface area contributed by atoms with Crippen LogP contribution >= 0.6 is 0 Å². The molecule has 0 bridgehead atoms. The smallest absolute Gasteiger partial charge is 0.294 e. The van der Waals surface area contributed by atoms with Gasteiger partial charge in [0.2, 0.25) is 5.91 Å². The topological polar surface area (TPSA) is 101 Å². The van der Waals surface area contributed by atoms with Crippen LogP contribution in [-0.4, -0.2) is 52.1 Å². The van der Waals surface area contributed by atoms with Crippen molar-refractivity contribution in [2.75, 3.05) is 18.4 Å². The second kappa shape index (κ2) is 8.13. The molecule has 1 aromatic heterocycles. The van der Waals surface area contributed by atoms with Crippen LogP contribution in [0, 0.1) is 38.4 Å². The number of hydrogen-bond donors (Lipinski definition) is 2. The van der Waals surface area contributed by atoms with Crippen LogP contribution in [0.1, 0.15) is 44.6 Å². The van der Waals surface area contributed by atoms with Crippen LogP contribution in [-0.2, 0) is 16.6 Å². The number of rotatable bonds is 5. The van der Waals surface area contributed by atoms with Crippen molar-refractivity contribution in [3.63, 3.8) is 0 Å². The molecule has 9 heteroatoms. The fourth-order valence-corrected chi connectivity index (χ4v) is 4.87. The Labute approximate surface area is 191 Å². The molecule has 1 aliphatic heterocycles. The first-order valence-electron chi connectivity index (χ1n) is 10.8. The van der Waals surface area contributed by atoms with Gasteiger partial charge in [0.15, 0.2) is 0 Å². The number of nitrogens with one attached hydrogen (secondary N) is 2. The Morgan fingerprint density at radius 3 is 2.27 bits per heavy atom. The molecule has 2 N–H and O–H groups in total. The number of aryl methyl sites for hydroxylation is 1. The second-order valence-electron chi connectivity index (χ2n) is 8.99. The van der Waals surface area contributed by atoms with Crippen LogP contribution < -0.4 is 10.6 Å². The van der Waals surface area contributed by atoms with Crippen molar-refractivity contribution in [1.82, 2.24) is 14.8 Å². The van der Waals surface area contributed by atoms with Crippen molar-refractivity contribution in [2.24, 2.45) is 18.9 Å². The van der Waals surface area contributed by atoms with Crippen molar-refractivity contribution in [2.45, 2.75) is 33.7 Å². The minimum Gasteiger partial charge on any atom is -0.346 e. The van der Waals surface area contributed by atoms with Gasteiger partial charge < -0.3 is 20.1 Å². The van der Waals surface area contributed by atoms with Gasteiger partial charge in [-0.2, -0.15) is 0 Å². The molecule has 1 saturated heterocycles. The third kappa shape index (κ3) is 3.92. The van der Waals surface area contributed by atoms with Crippen LogP contribution in [0.5, 0.6) is 0 Å². The zero-order valence-electron chi connectivity index (χ0n) is 19.3. The molecule has 2 fully saturated rings. The molecule has 4 rings (SSSR count). The van der Waals surface area contributed by atoms with E-state index in [1.807, 2.05) is 0 Å². The lowest BCUT2D eigenvalue weighted by atomic mass is 10.1. The van der Waals surface area contributed by atoms with E-state index in [0.29, 0.717) is 41.2 Å². The van der Waals surface area contributed by atoms with E-state index in [4.69, 9.17) is 0 Å². The zero-order chi connectivity index (χ0) is 24.2. The number of aromatic nitrogens is 1. The van der Waals surface area contributed by atoms with Gasteiger partial charge in [-0.05, 0) is 50.1 Å². The maximum absolute atomic E-state index is 13.5. The largest absolute Gasteiger partial charge is 0.346 e. The third-order valence-corrected chi connectivity index (χ3v) is 6.93. The quantitative estimate of drug-likeness (QED) is 0.534. The number of Topliss-reactive ketones (excluding diaryl/α,β-unsaturated/α-hetero) is 1. The van der Waals surface area contributed by atoms with Crippen molar-refractivity contribution in [3.05, 3.63) is 52.1 Å². The van der Waals surface area contributed by atoms with E-state index in [-0.39, 0.29) is 35.3 Å². The van der Waals surface area contributed by atoms with E-state index >= 15 is 0 Å². The van der Waals surface area contributed by atoms with E-state index in [9.17, 15) is 23.6 Å². The summed E-state index contributed by atoms with van der Waals surface area (Å²) < 4.78 is 15.1. The molecule has 1 aliphatic carbocycles. The van der Waals surface area contributed by atoms with Crippen molar-refractivity contribution >= 4 is 29.2 Å². The zero-order valence-corrected chi connectivity index (χ0v) is 19.3. The normalized spacial score (nSPS) is 20.9. The van der Waals surface area contributed by atoms with Gasteiger partial charge in [-0.1, -0.05) is 0 Å². The molecule has 1 saturated carbocycles. The van der Waals surface area contributed by atoms with Crippen LogP contribution in [0.25, 0.3) is 0 Å². The average Bonchev–Trinajstić information content (AvgIpc) is 3.07. The third-order valence-electron chi connectivity index (χ3n) is 6.93. The maximum atomic E-state index is 13.5. The maximum Gasteiger partial charge on any atom is 0.294 e. The predicted octanol–water partition coefficient (Wildman–Crippen LogP) is 2.12. The van der Waals surface area contributed by atoms with Crippen molar-refractivity contribution in [1.29, 1.82) is 0 Å². The van der Waals surface area contributed by atoms with Gasteiger partial charge in [0.25, 0.3) is 17.6 Å². The Bertz CT molecular complexity index is 1190. The molecule has 8 nitrogen and oxygen atoms in total. The molecular weight excluding hydrogens is 427 g/mol. The number of fused-ring (bicyclic) bond motifs is 1. The lowest BCUT2D eigenvalue weighted by molar-refractivity contribution is -0.128. The first-order chi connectivity index (χ1) is 15.5. The number of carbonyl (C=O) groups is 4. The van der Waals surface area contributed by atoms with Crippen LogP contribution in [0.15, 0.2) is 18.2 Å². The van der Waals surface area contributed by atoms with Gasteiger partial charge in [0, 0.05) is 56.3 Å². The summed E-state index contributed by atoms with van der Waals surface area (Å²) in [5, 5.41) is 5.54. The summed E-state index contributed by atoms with van der Waals surface area (Å²) in [5.74, 6) is -1.85. The molecule has 2 aromatic rings. The first kappa shape index (κ1) is 22.7. The number of ketones is 1. The number of amides is 3. The second-order valence-corrected chi connectivity index (χ2v) is 8.99. The number of carbonyl (C=O) groups excluding carboxylic acids is 4. The van der Waals surface area contributed by atoms with Crippen molar-refractivity contribution < 1.29 is 23.6 Å². The number of likely N-dealkylation sites (tertiary alicyclic amines) is 1. The molecule has 2 aliphatic rings. The van der Waals surface area contributed by atoms with E-state index < -0.39 is 17.6 Å². The van der Waals surface area contributed by atoms with Gasteiger partial charge >= 0.3 is 0 Å². The number of benzene rings is 1. The minimum absolute atomic E-state index is 0.0138. The van der Waals surface area contributed by atoms with E-state index in [1.54, 1.807) is 37.3 Å². The summed E-state index contributed by atoms with van der Waals surface area (Å²) in [4.78, 5) is 51.9. The van der Waals surface area contributed by atoms with Gasteiger partial charge in [-0.15, -0.1) is 0 Å². The molecule has 0 radical (unpaired) electrons. The highest BCUT2D eigenvalue weighted by Crippen LogP contribution is 2.45. The highest BCUT2D eigenvalue weighted by molar-refractivity contribution is 6.43. The fraction of sp³-hybridized carbons (Fsp3) is 0.417. The Balaban J connectivity index is 1.48. The number of nitrogens with zero attached hydrogens (tertiary/aromatic N) is 2. The van der Waals surface area contributed by atoms with E-state index in [2.05, 4.69) is 10.6 Å². The highest BCUT2D eigenvalue weighted by atomic mass is 19.1. The minimum atomic E-state index is -0.714. The molecule has 0 spiro atoms. The lowest BCUT2D eigenvalue weighted by Gasteiger charge is -2.18. The SMILES string of the molecule is CC(=O)N1C[C@@H]2[C@H](C1)[C@H]2NC(=O)C(=O)c1c(C)c(C(=O)Nc2ccc(F)c(C)c2)c(C)n1C. The molecule has 3 amide bonds. The number of anilines is 1. The monoisotopic (exact) mass is 454 g/mol. The average molecular weight is 455 g/mol. The fourth-order valence-electron chi connectivity index (χ4n) is 4.87. The Morgan fingerprint density at radius 2 is 1.70 bits per heavy atom. The van der Waals surface area contributed by atoms with Crippen LogP contribution in [0.4, 0.5) is 10.1 Å². The number of hydrogen-bond acceptors (Lipinski definition) is 4. The molecule has 174 valence electrons. The predicted molar refractivity (Wildman–Crippen MR) is 119 cm³/mol. The summed E-state index contributed by atoms with van der Waals surface area (Å²) in [5.41, 5.74) is 2.24. The molecule has 3 atom stereocenters.